The summed E-state index contributed by atoms with van der Waals surface area (Å²) >= 11 is 0. The summed E-state index contributed by atoms with van der Waals surface area (Å²) in [5, 5.41) is 4.57. The highest BCUT2D eigenvalue weighted by molar-refractivity contribution is 5.89. The summed E-state index contributed by atoms with van der Waals surface area (Å²) in [6, 6.07) is 0. The Kier molecular flexibility index (Phi) is 4.23. The van der Waals surface area contributed by atoms with Crippen LogP contribution in [0.25, 0.3) is 0 Å². The predicted octanol–water partition coefficient (Wildman–Crippen LogP) is 4.13. The number of carbonyl (C=O) groups excluding carboxylic acids is 1. The summed E-state index contributed by atoms with van der Waals surface area (Å²) < 4.78 is 1.52. The molecule has 0 saturated heterocycles. The lowest BCUT2D eigenvalue weighted by Crippen LogP contribution is -2.16. The van der Waals surface area contributed by atoms with Gasteiger partial charge in [0.25, 0.3) is 5.91 Å². The third-order valence-electron chi connectivity index (χ3n) is 4.09. The van der Waals surface area contributed by atoms with Crippen molar-refractivity contribution in [3.8, 4) is 0 Å². The minimum absolute atomic E-state index is 0.0362. The Hall–Kier alpha value is -1.38. The smallest absolute Gasteiger partial charge is 0.267 e. The van der Waals surface area contributed by atoms with Crippen LogP contribution < -0.4 is 0 Å². The van der Waals surface area contributed by atoms with E-state index < -0.39 is 0 Å². The second-order valence-corrected chi connectivity index (χ2v) is 5.89. The van der Waals surface area contributed by atoms with Gasteiger partial charge in [0.05, 0.1) is 5.69 Å². The summed E-state index contributed by atoms with van der Waals surface area (Å²) in [5.41, 5.74) is 2.41. The van der Waals surface area contributed by atoms with Crippen LogP contribution in [-0.2, 0) is 0 Å². The van der Waals surface area contributed by atoms with E-state index in [1.165, 1.54) is 23.1 Å². The minimum Gasteiger partial charge on any atom is -0.267 e. The van der Waals surface area contributed by atoms with Crippen molar-refractivity contribution in [3.05, 3.63) is 29.6 Å². The number of hydrogen-bond acceptors (Lipinski definition) is 2. The van der Waals surface area contributed by atoms with Gasteiger partial charge in [-0.2, -0.15) is 5.10 Å². The van der Waals surface area contributed by atoms with Crippen molar-refractivity contribution in [1.82, 2.24) is 9.78 Å². The average molecular weight is 260 g/mol. The lowest BCUT2D eigenvalue weighted by Gasteiger charge is -2.27. The normalized spacial score (nSPS) is 23.0. The Morgan fingerprint density at radius 3 is 2.89 bits per heavy atom. The van der Waals surface area contributed by atoms with E-state index in [2.05, 4.69) is 25.9 Å². The first-order chi connectivity index (χ1) is 9.04. The molecule has 0 fully saturated rings. The number of rotatable bonds is 3. The molecule has 1 aliphatic rings. The van der Waals surface area contributed by atoms with Gasteiger partial charge < -0.3 is 0 Å². The van der Waals surface area contributed by atoms with Gasteiger partial charge in [-0.15, -0.1) is 0 Å². The quantitative estimate of drug-likeness (QED) is 0.766. The van der Waals surface area contributed by atoms with Crippen molar-refractivity contribution in [1.29, 1.82) is 0 Å². The molecule has 3 heteroatoms. The van der Waals surface area contributed by atoms with Crippen molar-refractivity contribution in [2.75, 3.05) is 0 Å². The van der Waals surface area contributed by atoms with E-state index in [4.69, 9.17) is 0 Å². The highest BCUT2D eigenvalue weighted by atomic mass is 16.2. The Balaban J connectivity index is 2.34. The second kappa shape index (κ2) is 5.72. The maximum absolute atomic E-state index is 12.0. The van der Waals surface area contributed by atoms with Gasteiger partial charge in [0.15, 0.2) is 0 Å². The van der Waals surface area contributed by atoms with Crippen LogP contribution in [0.3, 0.4) is 0 Å². The van der Waals surface area contributed by atoms with Gasteiger partial charge in [0.1, 0.15) is 0 Å². The summed E-state index contributed by atoms with van der Waals surface area (Å²) in [5.74, 6) is 1.55. The molecule has 19 heavy (non-hydrogen) atoms. The first-order valence-electron chi connectivity index (χ1n) is 7.34. The second-order valence-electron chi connectivity index (χ2n) is 5.89. The van der Waals surface area contributed by atoms with Crippen LogP contribution in [0.1, 0.15) is 74.8 Å². The van der Waals surface area contributed by atoms with Gasteiger partial charge in [0, 0.05) is 18.2 Å². The van der Waals surface area contributed by atoms with Crippen LogP contribution in [0.5, 0.6) is 0 Å². The Bertz CT molecular complexity index is 485. The largest absolute Gasteiger partial charge is 0.270 e. The van der Waals surface area contributed by atoms with E-state index in [0.717, 1.165) is 12.1 Å². The Morgan fingerprint density at radius 1 is 1.53 bits per heavy atom. The summed E-state index contributed by atoms with van der Waals surface area (Å²) in [6.07, 6.45) is 8.69. The Labute approximate surface area is 115 Å². The maximum atomic E-state index is 12.0. The number of aromatic nitrogens is 2. The molecule has 0 spiro atoms. The molecule has 0 amide bonds. The van der Waals surface area contributed by atoms with Gasteiger partial charge in [-0.3, -0.25) is 4.79 Å². The fraction of sp³-hybridized carbons (Fsp3) is 0.625. The van der Waals surface area contributed by atoms with Crippen molar-refractivity contribution in [2.24, 2.45) is 5.92 Å². The first-order valence-corrected chi connectivity index (χ1v) is 7.34. The third kappa shape index (κ3) is 2.80. The molecule has 0 aliphatic heterocycles. The van der Waals surface area contributed by atoms with Crippen LogP contribution in [-0.4, -0.2) is 15.7 Å². The third-order valence-corrected chi connectivity index (χ3v) is 4.09. The molecule has 0 bridgehead atoms. The lowest BCUT2D eigenvalue weighted by atomic mass is 9.77. The number of nitrogens with zero attached hydrogens (tertiary/aromatic N) is 2. The fourth-order valence-corrected chi connectivity index (χ4v) is 2.85. The lowest BCUT2D eigenvalue weighted by molar-refractivity contribution is 0.0953. The number of fused-ring (bicyclic) bond motifs is 1. The van der Waals surface area contributed by atoms with Gasteiger partial charge in [0.2, 0.25) is 0 Å². The van der Waals surface area contributed by atoms with Crippen molar-refractivity contribution >= 4 is 5.91 Å². The average Bonchev–Trinajstić information content (AvgIpc) is 2.81. The molecule has 3 nitrogen and oxygen atoms in total. The minimum atomic E-state index is -0.0362. The summed E-state index contributed by atoms with van der Waals surface area (Å²) in [6.45, 7) is 8.73. The summed E-state index contributed by atoms with van der Waals surface area (Å²) in [4.78, 5) is 12.0. The first kappa shape index (κ1) is 14.0. The van der Waals surface area contributed by atoms with Gasteiger partial charge in [-0.25, -0.2) is 4.68 Å². The molecule has 0 aromatic carbocycles. The standard InChI is InChI=1S/C16H24N2O/c1-5-6-7-15(19)18-10-14-12(4)8-9-13(11(2)3)16(14)17-18/h6-7,10-13H,5,8-9H2,1-4H3/b7-6+/t12-,13+/m1/s1. The van der Waals surface area contributed by atoms with Crippen molar-refractivity contribution in [3.63, 3.8) is 0 Å². The molecule has 0 unspecified atom stereocenters. The predicted molar refractivity (Wildman–Crippen MR) is 77.5 cm³/mol. The van der Waals surface area contributed by atoms with E-state index in [-0.39, 0.29) is 5.91 Å². The number of hydrogen-bond donors (Lipinski definition) is 0. The molecule has 1 aromatic rings. The molecule has 1 aromatic heterocycles. The zero-order chi connectivity index (χ0) is 14.0. The highest BCUT2D eigenvalue weighted by Crippen LogP contribution is 2.41. The number of allylic oxidation sites excluding steroid dienone is 2. The zero-order valence-electron chi connectivity index (χ0n) is 12.4. The molecule has 1 aliphatic carbocycles. The zero-order valence-corrected chi connectivity index (χ0v) is 12.4. The van der Waals surface area contributed by atoms with Crippen molar-refractivity contribution in [2.45, 2.75) is 58.8 Å². The van der Waals surface area contributed by atoms with Crippen LogP contribution in [0.15, 0.2) is 18.3 Å². The molecular weight excluding hydrogens is 236 g/mol. The highest BCUT2D eigenvalue weighted by Gasteiger charge is 2.30. The molecule has 2 atom stereocenters. The molecule has 0 saturated carbocycles. The van der Waals surface area contributed by atoms with E-state index in [1.807, 2.05) is 19.2 Å². The molecular formula is C16H24N2O. The van der Waals surface area contributed by atoms with E-state index in [0.29, 0.717) is 17.8 Å². The van der Waals surface area contributed by atoms with Crippen LogP contribution in [0, 0.1) is 5.92 Å². The fourth-order valence-electron chi connectivity index (χ4n) is 2.85. The number of carbonyl (C=O) groups is 1. The van der Waals surface area contributed by atoms with E-state index in [9.17, 15) is 4.79 Å². The Morgan fingerprint density at radius 2 is 2.26 bits per heavy atom. The molecule has 2 rings (SSSR count). The SMILES string of the molecule is CC/C=C/C(=O)n1cc2c(n1)[C@H](C(C)C)CC[C@H]2C. The summed E-state index contributed by atoms with van der Waals surface area (Å²) in [7, 11) is 0. The van der Waals surface area contributed by atoms with Gasteiger partial charge in [-0.05, 0) is 36.7 Å². The van der Waals surface area contributed by atoms with E-state index in [1.54, 1.807) is 6.08 Å². The monoisotopic (exact) mass is 260 g/mol. The van der Waals surface area contributed by atoms with Crippen LogP contribution >= 0.6 is 0 Å². The van der Waals surface area contributed by atoms with Crippen LogP contribution in [0.4, 0.5) is 0 Å². The molecule has 0 radical (unpaired) electrons. The van der Waals surface area contributed by atoms with Crippen LogP contribution in [0.2, 0.25) is 0 Å². The molecule has 0 N–H and O–H groups in total. The van der Waals surface area contributed by atoms with E-state index >= 15 is 0 Å². The molecule has 104 valence electrons. The molecule has 1 heterocycles. The maximum Gasteiger partial charge on any atom is 0.270 e. The van der Waals surface area contributed by atoms with Crippen molar-refractivity contribution < 1.29 is 4.79 Å². The van der Waals surface area contributed by atoms with Gasteiger partial charge >= 0.3 is 0 Å². The van der Waals surface area contributed by atoms with Gasteiger partial charge in [-0.1, -0.05) is 33.8 Å². The topological polar surface area (TPSA) is 34.9 Å².